The van der Waals surface area contributed by atoms with E-state index in [1.165, 1.54) is 12.0 Å². The van der Waals surface area contributed by atoms with Gasteiger partial charge in [-0.2, -0.15) is 0 Å². The Morgan fingerprint density at radius 1 is 1.09 bits per heavy atom. The van der Waals surface area contributed by atoms with Crippen molar-refractivity contribution in [1.82, 2.24) is 15.2 Å². The van der Waals surface area contributed by atoms with E-state index in [0.717, 1.165) is 6.42 Å². The molecule has 2 aromatic rings. The lowest BCUT2D eigenvalue weighted by atomic mass is 10.0. The van der Waals surface area contributed by atoms with Gasteiger partial charge in [0.05, 0.1) is 6.61 Å². The lowest BCUT2D eigenvalue weighted by Gasteiger charge is -2.31. The number of carbonyl (C=O) groups is 3. The van der Waals surface area contributed by atoms with Crippen molar-refractivity contribution >= 4 is 35.1 Å². The lowest BCUT2D eigenvalue weighted by molar-refractivity contribution is -0.142. The number of benzene rings is 1. The van der Waals surface area contributed by atoms with E-state index in [2.05, 4.69) is 29.5 Å². The van der Waals surface area contributed by atoms with Gasteiger partial charge in [0.2, 0.25) is 17.7 Å². The summed E-state index contributed by atoms with van der Waals surface area (Å²) in [4.78, 5) is 44.3. The molecule has 0 bridgehead atoms. The van der Waals surface area contributed by atoms with Crippen LogP contribution >= 0.6 is 11.6 Å². The van der Waals surface area contributed by atoms with Gasteiger partial charge in [0.1, 0.15) is 11.9 Å². The molecule has 2 N–H and O–H groups in total. The van der Waals surface area contributed by atoms with E-state index in [1.807, 2.05) is 0 Å². The third kappa shape index (κ3) is 9.11. The van der Waals surface area contributed by atoms with E-state index >= 15 is 0 Å². The molecule has 0 aliphatic rings. The fraction of sp³-hybridized carbons (Fsp3) is 0.440. The molecule has 0 saturated heterocycles. The van der Waals surface area contributed by atoms with Gasteiger partial charge in [-0.15, -0.1) is 0 Å². The second-order valence-corrected chi connectivity index (χ2v) is 8.71. The average molecular weight is 489 g/mol. The zero-order valence-electron chi connectivity index (χ0n) is 19.9. The van der Waals surface area contributed by atoms with Crippen LogP contribution < -0.4 is 10.6 Å². The van der Waals surface area contributed by atoms with Crippen LogP contribution in [0.5, 0.6) is 0 Å². The highest BCUT2D eigenvalue weighted by atomic mass is 35.5. The molecule has 8 nitrogen and oxygen atoms in total. The van der Waals surface area contributed by atoms with Crippen molar-refractivity contribution in [2.24, 2.45) is 5.92 Å². The van der Waals surface area contributed by atoms with E-state index in [0.29, 0.717) is 28.9 Å². The standard InChI is InChI=1S/C25H33ClN4O4/c1-18(2)13-15-28-25(33)24(19-7-9-20(26)10-8-19)30(16-17-34-3)23(32)12-11-22(31)29-21-6-4-5-14-27-21/h4-10,14,18,24H,11-13,15-17H2,1-3H3,(H,28,33)(H,27,29,31)/t24-/m1/s1. The summed E-state index contributed by atoms with van der Waals surface area (Å²) in [5.74, 6) is -0.0985. The number of methoxy groups -OCH3 is 1. The maximum atomic E-state index is 13.2. The van der Waals surface area contributed by atoms with Crippen molar-refractivity contribution in [2.75, 3.05) is 32.1 Å². The van der Waals surface area contributed by atoms with E-state index in [1.54, 1.807) is 48.7 Å². The van der Waals surface area contributed by atoms with Crippen molar-refractivity contribution < 1.29 is 19.1 Å². The summed E-state index contributed by atoms with van der Waals surface area (Å²) in [6, 6.07) is 11.1. The fourth-order valence-electron chi connectivity index (χ4n) is 3.29. The molecule has 184 valence electrons. The second kappa shape index (κ2) is 14.3. The zero-order chi connectivity index (χ0) is 24.9. The van der Waals surface area contributed by atoms with Gasteiger partial charge in [0.25, 0.3) is 0 Å². The first-order chi connectivity index (χ1) is 16.3. The lowest BCUT2D eigenvalue weighted by Crippen LogP contribution is -2.45. The first-order valence-corrected chi connectivity index (χ1v) is 11.7. The molecule has 1 aromatic heterocycles. The van der Waals surface area contributed by atoms with Gasteiger partial charge < -0.3 is 20.3 Å². The zero-order valence-corrected chi connectivity index (χ0v) is 20.7. The van der Waals surface area contributed by atoms with Crippen molar-refractivity contribution in [3.05, 3.63) is 59.2 Å². The number of hydrogen-bond acceptors (Lipinski definition) is 5. The van der Waals surface area contributed by atoms with Gasteiger partial charge in [0, 0.05) is 44.3 Å². The summed E-state index contributed by atoms with van der Waals surface area (Å²) in [7, 11) is 1.53. The first kappa shape index (κ1) is 27.3. The monoisotopic (exact) mass is 488 g/mol. The number of aromatic nitrogens is 1. The summed E-state index contributed by atoms with van der Waals surface area (Å²) in [5, 5.41) is 6.14. The largest absolute Gasteiger partial charge is 0.383 e. The Labute approximate surface area is 206 Å². The predicted molar refractivity (Wildman–Crippen MR) is 132 cm³/mol. The molecule has 0 unspecified atom stereocenters. The highest BCUT2D eigenvalue weighted by molar-refractivity contribution is 6.30. The number of halogens is 1. The minimum Gasteiger partial charge on any atom is -0.383 e. The number of rotatable bonds is 13. The van der Waals surface area contributed by atoms with Crippen molar-refractivity contribution in [3.8, 4) is 0 Å². The van der Waals surface area contributed by atoms with E-state index < -0.39 is 6.04 Å². The summed E-state index contributed by atoms with van der Waals surface area (Å²) in [5.41, 5.74) is 0.633. The van der Waals surface area contributed by atoms with E-state index in [9.17, 15) is 14.4 Å². The van der Waals surface area contributed by atoms with E-state index in [-0.39, 0.29) is 43.7 Å². The van der Waals surface area contributed by atoms with Crippen molar-refractivity contribution in [1.29, 1.82) is 0 Å². The number of amides is 3. The highest BCUT2D eigenvalue weighted by Gasteiger charge is 2.31. The number of ether oxygens (including phenoxy) is 1. The van der Waals surface area contributed by atoms with Crippen LogP contribution in [0.2, 0.25) is 5.02 Å². The van der Waals surface area contributed by atoms with Crippen LogP contribution in [0, 0.1) is 5.92 Å². The highest BCUT2D eigenvalue weighted by Crippen LogP contribution is 2.24. The molecule has 1 aromatic carbocycles. The Morgan fingerprint density at radius 3 is 2.44 bits per heavy atom. The molecule has 0 fully saturated rings. The molecular formula is C25H33ClN4O4. The molecule has 3 amide bonds. The molecule has 0 aliphatic heterocycles. The molecule has 0 spiro atoms. The summed E-state index contributed by atoms with van der Waals surface area (Å²) in [6.07, 6.45) is 2.29. The molecule has 2 rings (SSSR count). The van der Waals surface area contributed by atoms with Crippen molar-refractivity contribution in [3.63, 3.8) is 0 Å². The summed E-state index contributed by atoms with van der Waals surface area (Å²) in [6.45, 7) is 5.09. The Morgan fingerprint density at radius 2 is 1.82 bits per heavy atom. The Bertz CT molecular complexity index is 922. The predicted octanol–water partition coefficient (Wildman–Crippen LogP) is 3.83. The second-order valence-electron chi connectivity index (χ2n) is 8.27. The quantitative estimate of drug-likeness (QED) is 0.446. The Kier molecular flexibility index (Phi) is 11.5. The molecule has 1 atom stereocenters. The van der Waals surface area contributed by atoms with Crippen LogP contribution in [0.1, 0.15) is 44.7 Å². The topological polar surface area (TPSA) is 101 Å². The Hall–Kier alpha value is -2.97. The van der Waals surface area contributed by atoms with Gasteiger partial charge in [0.15, 0.2) is 0 Å². The van der Waals surface area contributed by atoms with Gasteiger partial charge in [-0.25, -0.2) is 4.98 Å². The number of nitrogens with zero attached hydrogens (tertiary/aromatic N) is 2. The molecular weight excluding hydrogens is 456 g/mol. The third-order valence-corrected chi connectivity index (χ3v) is 5.37. The molecule has 9 heteroatoms. The first-order valence-electron chi connectivity index (χ1n) is 11.3. The Balaban J connectivity index is 2.18. The van der Waals surface area contributed by atoms with Crippen LogP contribution in [-0.2, 0) is 19.1 Å². The van der Waals surface area contributed by atoms with Crippen LogP contribution in [0.25, 0.3) is 0 Å². The maximum absolute atomic E-state index is 13.2. The van der Waals surface area contributed by atoms with Crippen LogP contribution in [-0.4, -0.2) is 54.4 Å². The summed E-state index contributed by atoms with van der Waals surface area (Å²) >= 11 is 6.04. The molecule has 0 aliphatic carbocycles. The normalized spacial score (nSPS) is 11.7. The number of carbonyl (C=O) groups excluding carboxylic acids is 3. The minimum absolute atomic E-state index is 0.0405. The van der Waals surface area contributed by atoms with Crippen LogP contribution in [0.15, 0.2) is 48.7 Å². The molecule has 34 heavy (non-hydrogen) atoms. The number of nitrogens with one attached hydrogen (secondary N) is 2. The number of anilines is 1. The number of hydrogen-bond donors (Lipinski definition) is 2. The number of pyridine rings is 1. The fourth-order valence-corrected chi connectivity index (χ4v) is 3.42. The molecule has 1 heterocycles. The average Bonchev–Trinajstić information content (AvgIpc) is 2.81. The van der Waals surface area contributed by atoms with Gasteiger partial charge in [-0.05, 0) is 42.2 Å². The third-order valence-electron chi connectivity index (χ3n) is 5.12. The smallest absolute Gasteiger partial charge is 0.247 e. The van der Waals surface area contributed by atoms with E-state index in [4.69, 9.17) is 16.3 Å². The van der Waals surface area contributed by atoms with Crippen molar-refractivity contribution in [2.45, 2.75) is 39.2 Å². The van der Waals surface area contributed by atoms with Crippen LogP contribution in [0.3, 0.4) is 0 Å². The SMILES string of the molecule is COCCN(C(=O)CCC(=O)Nc1ccccn1)[C@@H](C(=O)NCCC(C)C)c1ccc(Cl)cc1. The van der Waals surface area contributed by atoms with Crippen LogP contribution in [0.4, 0.5) is 5.82 Å². The van der Waals surface area contributed by atoms with Gasteiger partial charge in [-0.1, -0.05) is 43.6 Å². The summed E-state index contributed by atoms with van der Waals surface area (Å²) < 4.78 is 5.19. The van der Waals surface area contributed by atoms with Gasteiger partial charge in [-0.3, -0.25) is 14.4 Å². The maximum Gasteiger partial charge on any atom is 0.247 e. The minimum atomic E-state index is -0.870. The molecule has 0 saturated carbocycles. The van der Waals surface area contributed by atoms with Gasteiger partial charge >= 0.3 is 0 Å². The molecule has 0 radical (unpaired) electrons.